The van der Waals surface area contributed by atoms with Crippen LogP contribution in [-0.2, 0) is 14.3 Å². The molecule has 0 radical (unpaired) electrons. The predicted molar refractivity (Wildman–Crippen MR) is 55.6 cm³/mol. The molecule has 5 heteroatoms. The smallest absolute Gasteiger partial charge is 0.243 e. The lowest BCUT2D eigenvalue weighted by molar-refractivity contribution is -0.149. The highest BCUT2D eigenvalue weighted by Crippen LogP contribution is 2.37. The fraction of sp³-hybridized carbons (Fsp3) is 0.818. The monoisotopic (exact) mass is 224 g/mol. The van der Waals surface area contributed by atoms with Crippen LogP contribution in [0.1, 0.15) is 19.3 Å². The molecular formula is C11H16N2O3. The Labute approximate surface area is 94.1 Å². The molecule has 3 aliphatic rings. The molecule has 1 aliphatic carbocycles. The number of carbonyl (C=O) groups excluding carboxylic acids is 2. The molecule has 2 heterocycles. The third-order valence-corrected chi connectivity index (χ3v) is 3.64. The van der Waals surface area contributed by atoms with Gasteiger partial charge in [-0.05, 0) is 25.2 Å². The van der Waals surface area contributed by atoms with Crippen LogP contribution in [0.5, 0.6) is 0 Å². The predicted octanol–water partition coefficient (Wildman–Crippen LogP) is -0.488. The van der Waals surface area contributed by atoms with Crippen molar-refractivity contribution >= 4 is 11.8 Å². The van der Waals surface area contributed by atoms with Gasteiger partial charge in [0.05, 0.1) is 19.2 Å². The van der Waals surface area contributed by atoms with E-state index in [4.69, 9.17) is 4.74 Å². The quantitative estimate of drug-likeness (QED) is 0.688. The van der Waals surface area contributed by atoms with Crippen LogP contribution < -0.4 is 5.32 Å². The van der Waals surface area contributed by atoms with Crippen LogP contribution in [-0.4, -0.2) is 48.6 Å². The summed E-state index contributed by atoms with van der Waals surface area (Å²) in [6.07, 6.45) is 2.99. The van der Waals surface area contributed by atoms with E-state index in [9.17, 15) is 9.59 Å². The third kappa shape index (κ3) is 1.59. The lowest BCUT2D eigenvalue weighted by Crippen LogP contribution is -2.62. The van der Waals surface area contributed by atoms with Gasteiger partial charge in [-0.25, -0.2) is 0 Å². The van der Waals surface area contributed by atoms with Gasteiger partial charge in [0.2, 0.25) is 11.8 Å². The first-order valence-corrected chi connectivity index (χ1v) is 5.94. The molecule has 2 amide bonds. The Kier molecular flexibility index (Phi) is 2.35. The second kappa shape index (κ2) is 3.73. The normalized spacial score (nSPS) is 35.4. The van der Waals surface area contributed by atoms with Gasteiger partial charge in [-0.1, -0.05) is 0 Å². The van der Waals surface area contributed by atoms with E-state index >= 15 is 0 Å². The van der Waals surface area contributed by atoms with Crippen molar-refractivity contribution in [1.82, 2.24) is 10.2 Å². The molecule has 0 bridgehead atoms. The SMILES string of the molecule is O=C1NCC(=O)N(C2CCOC2)C1C1CC1. The van der Waals surface area contributed by atoms with Gasteiger partial charge in [0, 0.05) is 6.61 Å². The van der Waals surface area contributed by atoms with Gasteiger partial charge in [0.15, 0.2) is 0 Å². The minimum absolute atomic E-state index is 0.0222. The highest BCUT2D eigenvalue weighted by atomic mass is 16.5. The third-order valence-electron chi connectivity index (χ3n) is 3.64. The average Bonchev–Trinajstić information content (AvgIpc) is 2.97. The van der Waals surface area contributed by atoms with E-state index in [1.807, 2.05) is 0 Å². The number of hydrogen-bond acceptors (Lipinski definition) is 3. The fourth-order valence-corrected chi connectivity index (χ4v) is 2.67. The summed E-state index contributed by atoms with van der Waals surface area (Å²) in [5.41, 5.74) is 0. The summed E-state index contributed by atoms with van der Waals surface area (Å²) in [5.74, 6) is 0.450. The minimum Gasteiger partial charge on any atom is -0.379 e. The van der Waals surface area contributed by atoms with E-state index in [0.717, 1.165) is 19.3 Å². The van der Waals surface area contributed by atoms with Gasteiger partial charge >= 0.3 is 0 Å². The summed E-state index contributed by atoms with van der Waals surface area (Å²) in [6.45, 7) is 1.44. The highest BCUT2D eigenvalue weighted by Gasteiger charge is 2.47. The Balaban J connectivity index is 1.83. The standard InChI is InChI=1S/C11H16N2O3/c14-9-5-12-11(15)10(7-1-2-7)13(9)8-3-4-16-6-8/h7-8,10H,1-6H2,(H,12,15). The average molecular weight is 224 g/mol. The topological polar surface area (TPSA) is 58.6 Å². The van der Waals surface area contributed by atoms with Crippen molar-refractivity contribution < 1.29 is 14.3 Å². The van der Waals surface area contributed by atoms with Gasteiger partial charge in [0.1, 0.15) is 6.04 Å². The van der Waals surface area contributed by atoms with E-state index in [2.05, 4.69) is 5.32 Å². The Bertz CT molecular complexity index is 321. The lowest BCUT2D eigenvalue weighted by atomic mass is 10.0. The highest BCUT2D eigenvalue weighted by molar-refractivity contribution is 5.95. The number of rotatable bonds is 2. The van der Waals surface area contributed by atoms with Crippen molar-refractivity contribution in [3.8, 4) is 0 Å². The number of nitrogens with zero attached hydrogens (tertiary/aromatic N) is 1. The Morgan fingerprint density at radius 2 is 2.06 bits per heavy atom. The summed E-state index contributed by atoms with van der Waals surface area (Å²) in [4.78, 5) is 25.6. The summed E-state index contributed by atoms with van der Waals surface area (Å²) >= 11 is 0. The molecule has 0 spiro atoms. The maximum Gasteiger partial charge on any atom is 0.243 e. The number of ether oxygens (including phenoxy) is 1. The van der Waals surface area contributed by atoms with E-state index in [0.29, 0.717) is 19.1 Å². The largest absolute Gasteiger partial charge is 0.379 e. The van der Waals surface area contributed by atoms with E-state index in [1.54, 1.807) is 4.90 Å². The number of hydrogen-bond donors (Lipinski definition) is 1. The van der Waals surface area contributed by atoms with Crippen LogP contribution in [0.25, 0.3) is 0 Å². The van der Waals surface area contributed by atoms with Crippen LogP contribution in [0.3, 0.4) is 0 Å². The first-order chi connectivity index (χ1) is 7.77. The molecule has 0 aromatic rings. The van der Waals surface area contributed by atoms with Crippen molar-refractivity contribution in [2.75, 3.05) is 19.8 Å². The van der Waals surface area contributed by atoms with Gasteiger partial charge < -0.3 is 15.0 Å². The van der Waals surface area contributed by atoms with Crippen LogP contribution in [0.4, 0.5) is 0 Å². The lowest BCUT2D eigenvalue weighted by Gasteiger charge is -2.38. The minimum atomic E-state index is -0.229. The van der Waals surface area contributed by atoms with Gasteiger partial charge in [0.25, 0.3) is 0 Å². The molecule has 2 unspecified atom stereocenters. The zero-order valence-electron chi connectivity index (χ0n) is 9.15. The second-order valence-electron chi connectivity index (χ2n) is 4.82. The van der Waals surface area contributed by atoms with Crippen molar-refractivity contribution in [2.24, 2.45) is 5.92 Å². The maximum absolute atomic E-state index is 11.9. The molecule has 0 aromatic carbocycles. The van der Waals surface area contributed by atoms with E-state index < -0.39 is 0 Å². The molecule has 88 valence electrons. The van der Waals surface area contributed by atoms with Crippen LogP contribution >= 0.6 is 0 Å². The number of piperazine rings is 1. The zero-order chi connectivity index (χ0) is 11.1. The van der Waals surface area contributed by atoms with Gasteiger partial charge in [-0.2, -0.15) is 0 Å². The number of carbonyl (C=O) groups is 2. The van der Waals surface area contributed by atoms with Crippen molar-refractivity contribution in [2.45, 2.75) is 31.3 Å². The molecule has 1 saturated carbocycles. The first-order valence-electron chi connectivity index (χ1n) is 5.94. The maximum atomic E-state index is 11.9. The molecule has 2 atom stereocenters. The molecule has 3 rings (SSSR count). The fourth-order valence-electron chi connectivity index (χ4n) is 2.67. The first kappa shape index (κ1) is 10.1. The van der Waals surface area contributed by atoms with Gasteiger partial charge in [-0.3, -0.25) is 9.59 Å². The van der Waals surface area contributed by atoms with Crippen molar-refractivity contribution in [1.29, 1.82) is 0 Å². The van der Waals surface area contributed by atoms with Crippen LogP contribution in [0.2, 0.25) is 0 Å². The van der Waals surface area contributed by atoms with E-state index in [-0.39, 0.29) is 30.4 Å². The summed E-state index contributed by atoms with van der Waals surface area (Å²) in [6, 6.07) is -0.114. The van der Waals surface area contributed by atoms with Crippen LogP contribution in [0.15, 0.2) is 0 Å². The molecule has 2 aliphatic heterocycles. The molecule has 16 heavy (non-hydrogen) atoms. The van der Waals surface area contributed by atoms with Crippen LogP contribution in [0, 0.1) is 5.92 Å². The molecule has 1 N–H and O–H groups in total. The Hall–Kier alpha value is -1.10. The Morgan fingerprint density at radius 1 is 1.25 bits per heavy atom. The number of amides is 2. The molecule has 2 saturated heterocycles. The van der Waals surface area contributed by atoms with Crippen molar-refractivity contribution in [3.05, 3.63) is 0 Å². The van der Waals surface area contributed by atoms with E-state index in [1.165, 1.54) is 0 Å². The molecular weight excluding hydrogens is 208 g/mol. The molecule has 3 fully saturated rings. The summed E-state index contributed by atoms with van der Waals surface area (Å²) in [5, 5.41) is 2.69. The summed E-state index contributed by atoms with van der Waals surface area (Å²) in [7, 11) is 0. The number of nitrogens with one attached hydrogen (secondary N) is 1. The summed E-state index contributed by atoms with van der Waals surface area (Å²) < 4.78 is 5.32. The van der Waals surface area contributed by atoms with Gasteiger partial charge in [-0.15, -0.1) is 0 Å². The second-order valence-corrected chi connectivity index (χ2v) is 4.82. The molecule has 5 nitrogen and oxygen atoms in total. The molecule has 0 aromatic heterocycles. The zero-order valence-corrected chi connectivity index (χ0v) is 9.15. The Morgan fingerprint density at radius 3 is 2.69 bits per heavy atom. The van der Waals surface area contributed by atoms with Crippen molar-refractivity contribution in [3.63, 3.8) is 0 Å².